The van der Waals surface area contributed by atoms with Crippen molar-refractivity contribution in [2.24, 2.45) is 11.8 Å². The van der Waals surface area contributed by atoms with E-state index < -0.39 is 9.84 Å². The number of hydrogen-bond acceptors (Lipinski definition) is 4. The van der Waals surface area contributed by atoms with E-state index in [2.05, 4.69) is 10.6 Å². The van der Waals surface area contributed by atoms with Gasteiger partial charge in [0.2, 0.25) is 11.8 Å². The number of anilines is 1. The van der Waals surface area contributed by atoms with E-state index in [1.165, 1.54) is 0 Å². The molecule has 2 aliphatic rings. The van der Waals surface area contributed by atoms with Crippen molar-refractivity contribution >= 4 is 38.9 Å². The molecule has 1 aliphatic heterocycles. The fraction of sp³-hybridized carbons (Fsp3) is 0.556. The first-order chi connectivity index (χ1) is 12.3. The molecule has 6 nitrogen and oxygen atoms in total. The van der Waals surface area contributed by atoms with Gasteiger partial charge in [0.15, 0.2) is 9.84 Å². The lowest BCUT2D eigenvalue weighted by Crippen LogP contribution is -2.41. The predicted octanol–water partition coefficient (Wildman–Crippen LogP) is 2.39. The molecule has 142 valence electrons. The van der Waals surface area contributed by atoms with Gasteiger partial charge in [0.1, 0.15) is 0 Å². The smallest absolute Gasteiger partial charge is 0.227 e. The van der Waals surface area contributed by atoms with Gasteiger partial charge in [0.05, 0.1) is 11.5 Å². The summed E-state index contributed by atoms with van der Waals surface area (Å²) in [5.74, 6) is -0.211. The number of carbonyl (C=O) groups is 2. The Morgan fingerprint density at radius 2 is 1.65 bits per heavy atom. The molecule has 3 rings (SSSR count). The first-order valence-electron chi connectivity index (χ1n) is 8.89. The third-order valence-corrected chi connectivity index (χ3v) is 7.14. The van der Waals surface area contributed by atoms with Gasteiger partial charge in [0.25, 0.3) is 0 Å². The monoisotopic (exact) mass is 398 g/mol. The van der Waals surface area contributed by atoms with Gasteiger partial charge < -0.3 is 10.6 Å². The Balaban J connectivity index is 1.46. The van der Waals surface area contributed by atoms with Crippen LogP contribution in [0, 0.1) is 11.8 Å². The molecular formula is C18H23ClN2O4S. The number of halogens is 1. The summed E-state index contributed by atoms with van der Waals surface area (Å²) in [6, 6.07) is 6.75. The highest BCUT2D eigenvalue weighted by Gasteiger charge is 2.33. The number of amides is 2. The maximum atomic E-state index is 12.4. The summed E-state index contributed by atoms with van der Waals surface area (Å²) < 4.78 is 23.0. The highest BCUT2D eigenvalue weighted by molar-refractivity contribution is 7.91. The van der Waals surface area contributed by atoms with Crippen LogP contribution < -0.4 is 10.6 Å². The molecule has 2 fully saturated rings. The van der Waals surface area contributed by atoms with Gasteiger partial charge >= 0.3 is 0 Å². The quantitative estimate of drug-likeness (QED) is 0.814. The molecule has 1 saturated carbocycles. The van der Waals surface area contributed by atoms with Crippen LogP contribution in [0.15, 0.2) is 24.3 Å². The Morgan fingerprint density at radius 1 is 1.00 bits per heavy atom. The van der Waals surface area contributed by atoms with Gasteiger partial charge in [-0.3, -0.25) is 9.59 Å². The second-order valence-electron chi connectivity index (χ2n) is 7.16. The number of hydrogen-bond donors (Lipinski definition) is 2. The zero-order valence-corrected chi connectivity index (χ0v) is 16.0. The molecular weight excluding hydrogens is 376 g/mol. The SMILES string of the molecule is O=C(Nc1cccc(Cl)c1)C1CCC(C(=O)NC2CCS(=O)(=O)C2)CC1. The molecule has 0 aromatic heterocycles. The second kappa shape index (κ2) is 7.96. The Bertz CT molecular complexity index is 788. The number of nitrogens with one attached hydrogen (secondary N) is 2. The summed E-state index contributed by atoms with van der Waals surface area (Å²) in [6.45, 7) is 0. The van der Waals surface area contributed by atoms with Gasteiger partial charge in [-0.1, -0.05) is 17.7 Å². The van der Waals surface area contributed by atoms with Crippen molar-refractivity contribution in [3.63, 3.8) is 0 Å². The van der Waals surface area contributed by atoms with Crippen LogP contribution in [0.1, 0.15) is 32.1 Å². The molecule has 1 aromatic rings. The summed E-state index contributed by atoms with van der Waals surface area (Å²) >= 11 is 5.92. The van der Waals surface area contributed by atoms with Crippen LogP contribution in [0.25, 0.3) is 0 Å². The van der Waals surface area contributed by atoms with E-state index in [1.807, 2.05) is 0 Å². The summed E-state index contributed by atoms with van der Waals surface area (Å²) in [4.78, 5) is 24.7. The van der Waals surface area contributed by atoms with E-state index >= 15 is 0 Å². The maximum absolute atomic E-state index is 12.4. The van der Waals surface area contributed by atoms with E-state index in [1.54, 1.807) is 24.3 Å². The third-order valence-electron chi connectivity index (χ3n) is 5.14. The van der Waals surface area contributed by atoms with Gasteiger partial charge in [0, 0.05) is 28.6 Å². The molecule has 1 saturated heterocycles. The van der Waals surface area contributed by atoms with Crippen molar-refractivity contribution in [3.8, 4) is 0 Å². The van der Waals surface area contributed by atoms with E-state index in [4.69, 9.17) is 11.6 Å². The molecule has 0 spiro atoms. The van der Waals surface area contributed by atoms with Crippen molar-refractivity contribution in [1.82, 2.24) is 5.32 Å². The molecule has 1 atom stereocenters. The predicted molar refractivity (Wildman–Crippen MR) is 101 cm³/mol. The number of sulfone groups is 1. The fourth-order valence-electron chi connectivity index (χ4n) is 3.66. The average molecular weight is 399 g/mol. The van der Waals surface area contributed by atoms with Gasteiger partial charge in [-0.2, -0.15) is 0 Å². The van der Waals surface area contributed by atoms with E-state index in [0.717, 1.165) is 0 Å². The van der Waals surface area contributed by atoms with E-state index in [-0.39, 0.29) is 41.2 Å². The largest absolute Gasteiger partial charge is 0.352 e. The van der Waals surface area contributed by atoms with Crippen molar-refractivity contribution in [1.29, 1.82) is 0 Å². The Kier molecular flexibility index (Phi) is 5.87. The average Bonchev–Trinajstić information content (AvgIpc) is 2.93. The lowest BCUT2D eigenvalue weighted by Gasteiger charge is -2.28. The minimum Gasteiger partial charge on any atom is -0.352 e. The molecule has 2 N–H and O–H groups in total. The molecule has 26 heavy (non-hydrogen) atoms. The molecule has 0 bridgehead atoms. The van der Waals surface area contributed by atoms with Crippen LogP contribution in [0.4, 0.5) is 5.69 Å². The maximum Gasteiger partial charge on any atom is 0.227 e. The minimum atomic E-state index is -3.00. The Morgan fingerprint density at radius 3 is 2.23 bits per heavy atom. The Labute approximate surface area is 158 Å². The summed E-state index contributed by atoms with van der Waals surface area (Å²) in [6.07, 6.45) is 3.06. The zero-order chi connectivity index (χ0) is 18.7. The molecule has 0 radical (unpaired) electrons. The highest BCUT2D eigenvalue weighted by atomic mass is 35.5. The lowest BCUT2D eigenvalue weighted by atomic mass is 9.81. The molecule has 1 aliphatic carbocycles. The van der Waals surface area contributed by atoms with Gasteiger partial charge in [-0.15, -0.1) is 0 Å². The van der Waals surface area contributed by atoms with Crippen LogP contribution in [0.5, 0.6) is 0 Å². The number of carbonyl (C=O) groups excluding carboxylic acids is 2. The van der Waals surface area contributed by atoms with Crippen LogP contribution in [0.3, 0.4) is 0 Å². The molecule has 1 aromatic carbocycles. The van der Waals surface area contributed by atoms with Crippen LogP contribution in [-0.2, 0) is 19.4 Å². The van der Waals surface area contributed by atoms with Crippen LogP contribution in [0.2, 0.25) is 5.02 Å². The fourth-order valence-corrected chi connectivity index (χ4v) is 5.52. The number of rotatable bonds is 4. The number of benzene rings is 1. The van der Waals surface area contributed by atoms with Crippen LogP contribution >= 0.6 is 11.6 Å². The summed E-state index contributed by atoms with van der Waals surface area (Å²) in [5, 5.41) is 6.30. The molecule has 1 unspecified atom stereocenters. The van der Waals surface area contributed by atoms with E-state index in [9.17, 15) is 18.0 Å². The Hall–Kier alpha value is -1.60. The normalized spacial score (nSPS) is 27.7. The third kappa shape index (κ3) is 4.98. The molecule has 1 heterocycles. The van der Waals surface area contributed by atoms with Crippen LogP contribution in [-0.4, -0.2) is 37.8 Å². The van der Waals surface area contributed by atoms with Crippen molar-refractivity contribution < 1.29 is 18.0 Å². The van der Waals surface area contributed by atoms with E-state index in [0.29, 0.717) is 42.8 Å². The standard InChI is InChI=1S/C18H23ClN2O4S/c19-14-2-1-3-15(10-14)20-17(22)12-4-6-13(7-5-12)18(23)21-16-8-9-26(24,25)11-16/h1-3,10,12-13,16H,4-9,11H2,(H,20,22)(H,21,23). The zero-order valence-electron chi connectivity index (χ0n) is 14.4. The van der Waals surface area contributed by atoms with Crippen molar-refractivity contribution in [3.05, 3.63) is 29.3 Å². The van der Waals surface area contributed by atoms with Gasteiger partial charge in [-0.05, 0) is 50.3 Å². The highest BCUT2D eigenvalue weighted by Crippen LogP contribution is 2.30. The minimum absolute atomic E-state index is 0.0378. The lowest BCUT2D eigenvalue weighted by molar-refractivity contribution is -0.129. The second-order valence-corrected chi connectivity index (χ2v) is 9.82. The van der Waals surface area contributed by atoms with Gasteiger partial charge in [-0.25, -0.2) is 8.42 Å². The topological polar surface area (TPSA) is 92.3 Å². The van der Waals surface area contributed by atoms with Crippen molar-refractivity contribution in [2.45, 2.75) is 38.1 Å². The summed E-state index contributed by atoms with van der Waals surface area (Å²) in [5.41, 5.74) is 0.671. The summed E-state index contributed by atoms with van der Waals surface area (Å²) in [7, 11) is -3.00. The first-order valence-corrected chi connectivity index (χ1v) is 11.1. The van der Waals surface area contributed by atoms with Crippen molar-refractivity contribution in [2.75, 3.05) is 16.8 Å². The molecule has 8 heteroatoms. The molecule has 2 amide bonds. The first kappa shape index (κ1) is 19.2.